The molecule has 2 aromatic rings. The molecule has 0 fully saturated rings. The highest BCUT2D eigenvalue weighted by atomic mass is 15.1. The van der Waals surface area contributed by atoms with Crippen molar-refractivity contribution in [2.24, 2.45) is 0 Å². The van der Waals surface area contributed by atoms with E-state index in [0.717, 1.165) is 18.5 Å². The Morgan fingerprint density at radius 2 is 1.80 bits per heavy atom. The highest BCUT2D eigenvalue weighted by Crippen LogP contribution is 2.33. The second-order valence-corrected chi connectivity index (χ2v) is 7.15. The number of benzene rings is 1. The van der Waals surface area contributed by atoms with Gasteiger partial charge in [0.15, 0.2) is 0 Å². The van der Waals surface area contributed by atoms with Gasteiger partial charge in [-0.15, -0.1) is 0 Å². The third-order valence-corrected chi connectivity index (χ3v) is 5.52. The first-order chi connectivity index (χ1) is 12.3. The maximum Gasteiger partial charge on any atom is 0.0726 e. The molecule has 0 saturated heterocycles. The van der Waals surface area contributed by atoms with Gasteiger partial charge in [0.1, 0.15) is 0 Å². The van der Waals surface area contributed by atoms with Crippen LogP contribution in [-0.4, -0.2) is 36.1 Å². The third-order valence-electron chi connectivity index (χ3n) is 5.52. The number of anilines is 1. The lowest BCUT2D eigenvalue weighted by atomic mass is 9.92. The van der Waals surface area contributed by atoms with Gasteiger partial charge in [-0.25, -0.2) is 0 Å². The highest BCUT2D eigenvalue weighted by Gasteiger charge is 2.17. The minimum atomic E-state index is 1.07. The number of nitrogens with zero attached hydrogens (tertiary/aromatic N) is 2. The topological polar surface area (TPSA) is 28.2 Å². The molecule has 0 bridgehead atoms. The van der Waals surface area contributed by atoms with E-state index in [9.17, 15) is 0 Å². The molecule has 25 heavy (non-hydrogen) atoms. The second-order valence-electron chi connectivity index (χ2n) is 7.15. The van der Waals surface area contributed by atoms with Gasteiger partial charge < -0.3 is 10.2 Å². The molecule has 3 nitrogen and oxygen atoms in total. The van der Waals surface area contributed by atoms with Crippen LogP contribution in [0.5, 0.6) is 0 Å². The van der Waals surface area contributed by atoms with Crippen molar-refractivity contribution in [3.63, 3.8) is 0 Å². The molecular formula is C22H33N3. The highest BCUT2D eigenvalue weighted by molar-refractivity contribution is 5.93. The van der Waals surface area contributed by atoms with Crippen LogP contribution >= 0.6 is 0 Å². The number of rotatable bonds is 9. The average molecular weight is 340 g/mol. The average Bonchev–Trinajstić information content (AvgIpc) is 2.66. The largest absolute Gasteiger partial charge is 0.384 e. The lowest BCUT2D eigenvalue weighted by Crippen LogP contribution is -2.24. The van der Waals surface area contributed by atoms with Gasteiger partial charge in [-0.1, -0.05) is 38.5 Å². The predicted octanol–water partition coefficient (Wildman–Crippen LogP) is 5.04. The molecule has 1 aliphatic rings. The summed E-state index contributed by atoms with van der Waals surface area (Å²) in [4.78, 5) is 7.44. The number of para-hydroxylation sites is 1. The van der Waals surface area contributed by atoms with E-state index >= 15 is 0 Å². The molecule has 3 heteroatoms. The van der Waals surface area contributed by atoms with E-state index in [1.54, 1.807) is 0 Å². The minimum absolute atomic E-state index is 1.07. The summed E-state index contributed by atoms with van der Waals surface area (Å²) in [6.45, 7) is 9.15. The number of pyridine rings is 1. The van der Waals surface area contributed by atoms with Crippen LogP contribution in [0.1, 0.15) is 57.2 Å². The summed E-state index contributed by atoms with van der Waals surface area (Å²) < 4.78 is 0. The van der Waals surface area contributed by atoms with Crippen LogP contribution in [0.4, 0.5) is 5.69 Å². The Bertz CT molecular complexity index is 676. The van der Waals surface area contributed by atoms with E-state index in [1.165, 1.54) is 80.5 Å². The maximum atomic E-state index is 4.93. The van der Waals surface area contributed by atoms with Gasteiger partial charge in [0.05, 0.1) is 5.52 Å². The van der Waals surface area contributed by atoms with Crippen LogP contribution in [-0.2, 0) is 12.8 Å². The van der Waals surface area contributed by atoms with Crippen LogP contribution in [0.15, 0.2) is 24.3 Å². The van der Waals surface area contributed by atoms with Gasteiger partial charge in [0.2, 0.25) is 0 Å². The van der Waals surface area contributed by atoms with Gasteiger partial charge in [0, 0.05) is 23.3 Å². The predicted molar refractivity (Wildman–Crippen MR) is 109 cm³/mol. The minimum Gasteiger partial charge on any atom is -0.384 e. The van der Waals surface area contributed by atoms with Gasteiger partial charge in [-0.05, 0) is 69.8 Å². The fourth-order valence-electron chi connectivity index (χ4n) is 3.96. The van der Waals surface area contributed by atoms with Gasteiger partial charge in [0.25, 0.3) is 0 Å². The summed E-state index contributed by atoms with van der Waals surface area (Å²) in [7, 11) is 0. The van der Waals surface area contributed by atoms with Gasteiger partial charge >= 0.3 is 0 Å². The molecule has 0 radical (unpaired) electrons. The number of unbranched alkanes of at least 4 members (excludes halogenated alkanes) is 2. The first kappa shape index (κ1) is 18.2. The van der Waals surface area contributed by atoms with Crippen LogP contribution in [0.3, 0.4) is 0 Å². The summed E-state index contributed by atoms with van der Waals surface area (Å²) in [5.74, 6) is 0. The van der Waals surface area contributed by atoms with Crippen molar-refractivity contribution in [1.82, 2.24) is 9.88 Å². The molecule has 1 heterocycles. The molecule has 0 atom stereocenters. The Balaban J connectivity index is 1.61. The SMILES string of the molecule is CCN(CC)CCCCCNc1c2c(nc3ccccc13)CCCC2. The quantitative estimate of drug-likeness (QED) is 0.649. The number of nitrogens with one attached hydrogen (secondary N) is 1. The molecule has 136 valence electrons. The maximum absolute atomic E-state index is 4.93. The number of aromatic nitrogens is 1. The fraction of sp³-hybridized carbons (Fsp3) is 0.591. The molecule has 1 N–H and O–H groups in total. The van der Waals surface area contributed by atoms with Gasteiger partial charge in [-0.2, -0.15) is 0 Å². The Labute approximate surface area is 152 Å². The molecule has 3 rings (SSSR count). The van der Waals surface area contributed by atoms with Crippen molar-refractivity contribution in [3.8, 4) is 0 Å². The molecule has 0 spiro atoms. The lowest BCUT2D eigenvalue weighted by Gasteiger charge is -2.22. The molecule has 0 aliphatic heterocycles. The van der Waals surface area contributed by atoms with Crippen molar-refractivity contribution in [3.05, 3.63) is 35.5 Å². The van der Waals surface area contributed by atoms with E-state index < -0.39 is 0 Å². The van der Waals surface area contributed by atoms with Crippen molar-refractivity contribution >= 4 is 16.6 Å². The van der Waals surface area contributed by atoms with E-state index in [1.807, 2.05) is 0 Å². The first-order valence-corrected chi connectivity index (χ1v) is 10.2. The Morgan fingerprint density at radius 1 is 1.00 bits per heavy atom. The third kappa shape index (κ3) is 4.52. The van der Waals surface area contributed by atoms with Crippen molar-refractivity contribution in [2.45, 2.75) is 58.8 Å². The zero-order valence-corrected chi connectivity index (χ0v) is 16.0. The molecule has 1 aromatic heterocycles. The Morgan fingerprint density at radius 3 is 2.64 bits per heavy atom. The molecule has 1 aliphatic carbocycles. The zero-order valence-electron chi connectivity index (χ0n) is 16.0. The Hall–Kier alpha value is -1.61. The smallest absolute Gasteiger partial charge is 0.0726 e. The standard InChI is InChI=1S/C22H33N3/c1-3-25(4-2)17-11-5-10-16-23-22-18-12-6-8-14-20(18)24-21-15-9-7-13-19(21)22/h6,8,12,14H,3-5,7,9-11,13,15-17H2,1-2H3,(H,23,24). The summed E-state index contributed by atoms with van der Waals surface area (Å²) in [6, 6.07) is 8.61. The van der Waals surface area contributed by atoms with Crippen molar-refractivity contribution in [2.75, 3.05) is 31.5 Å². The van der Waals surface area contributed by atoms with Crippen LogP contribution in [0.2, 0.25) is 0 Å². The molecule has 1 aromatic carbocycles. The van der Waals surface area contributed by atoms with E-state index in [4.69, 9.17) is 4.98 Å². The van der Waals surface area contributed by atoms with Crippen LogP contribution < -0.4 is 5.32 Å². The zero-order chi connectivity index (χ0) is 17.5. The number of hydrogen-bond acceptors (Lipinski definition) is 3. The first-order valence-electron chi connectivity index (χ1n) is 10.2. The van der Waals surface area contributed by atoms with Crippen LogP contribution in [0, 0.1) is 0 Å². The molecule has 0 amide bonds. The summed E-state index contributed by atoms with van der Waals surface area (Å²) in [6.07, 6.45) is 8.74. The summed E-state index contributed by atoms with van der Waals surface area (Å²) in [5, 5.41) is 5.08. The Kier molecular flexibility index (Phi) is 6.69. The van der Waals surface area contributed by atoms with Gasteiger partial charge in [-0.3, -0.25) is 4.98 Å². The van der Waals surface area contributed by atoms with E-state index in [0.29, 0.717) is 0 Å². The van der Waals surface area contributed by atoms with E-state index in [2.05, 4.69) is 48.3 Å². The molecule has 0 unspecified atom stereocenters. The van der Waals surface area contributed by atoms with Crippen molar-refractivity contribution < 1.29 is 0 Å². The number of aryl methyl sites for hydroxylation is 1. The summed E-state index contributed by atoms with van der Waals surface area (Å²) >= 11 is 0. The van der Waals surface area contributed by atoms with Crippen LogP contribution in [0.25, 0.3) is 10.9 Å². The lowest BCUT2D eigenvalue weighted by molar-refractivity contribution is 0.296. The van der Waals surface area contributed by atoms with E-state index in [-0.39, 0.29) is 0 Å². The molecular weight excluding hydrogens is 306 g/mol. The second kappa shape index (κ2) is 9.19. The summed E-state index contributed by atoms with van der Waals surface area (Å²) in [5.41, 5.74) is 5.32. The number of hydrogen-bond donors (Lipinski definition) is 1. The normalized spacial score (nSPS) is 14.0. The number of fused-ring (bicyclic) bond motifs is 2. The fourth-order valence-corrected chi connectivity index (χ4v) is 3.96. The monoisotopic (exact) mass is 339 g/mol. The van der Waals surface area contributed by atoms with Crippen molar-refractivity contribution in [1.29, 1.82) is 0 Å². The molecule has 0 saturated carbocycles.